The van der Waals surface area contributed by atoms with E-state index in [1.54, 1.807) is 6.07 Å². The maximum absolute atomic E-state index is 12.5. The van der Waals surface area contributed by atoms with Crippen LogP contribution in [0.1, 0.15) is 56.0 Å². The molecule has 0 saturated heterocycles. The van der Waals surface area contributed by atoms with E-state index in [0.717, 1.165) is 12.0 Å². The first-order valence-corrected chi connectivity index (χ1v) is 7.46. The van der Waals surface area contributed by atoms with Crippen molar-refractivity contribution in [2.45, 2.75) is 51.6 Å². The zero-order chi connectivity index (χ0) is 15.6. The molecule has 4 heteroatoms. The number of aromatic hydroxyl groups is 2. The number of Topliss-reactive ketones (excluding diaryl/α,β-unsaturated/α-hetero) is 1. The molecule has 21 heavy (non-hydrogen) atoms. The lowest BCUT2D eigenvalue weighted by Crippen LogP contribution is -2.54. The second-order valence-electron chi connectivity index (χ2n) is 7.33. The van der Waals surface area contributed by atoms with Gasteiger partial charge in [-0.25, -0.2) is 0 Å². The second-order valence-corrected chi connectivity index (χ2v) is 7.33. The Morgan fingerprint density at radius 1 is 1.19 bits per heavy atom. The van der Waals surface area contributed by atoms with Crippen LogP contribution < -0.4 is 0 Å². The van der Waals surface area contributed by atoms with Crippen molar-refractivity contribution in [3.8, 4) is 11.5 Å². The number of hydrogen-bond acceptors (Lipinski definition) is 4. The average molecular weight is 290 g/mol. The van der Waals surface area contributed by atoms with Crippen molar-refractivity contribution in [2.75, 3.05) is 0 Å². The van der Waals surface area contributed by atoms with Crippen molar-refractivity contribution >= 4 is 5.78 Å². The number of carbonyl (C=O) groups is 1. The van der Waals surface area contributed by atoms with Gasteiger partial charge in [0.15, 0.2) is 17.3 Å². The number of aliphatic hydroxyl groups excluding tert-OH is 1. The van der Waals surface area contributed by atoms with Crippen LogP contribution in [0.2, 0.25) is 0 Å². The molecule has 0 aliphatic heterocycles. The van der Waals surface area contributed by atoms with Gasteiger partial charge in [-0.1, -0.05) is 26.8 Å². The Morgan fingerprint density at radius 3 is 2.52 bits per heavy atom. The molecule has 114 valence electrons. The Balaban J connectivity index is 2.23. The third-order valence-electron chi connectivity index (χ3n) is 5.90. The van der Waals surface area contributed by atoms with Crippen LogP contribution in [0.25, 0.3) is 0 Å². The van der Waals surface area contributed by atoms with Crippen molar-refractivity contribution in [1.29, 1.82) is 0 Å². The highest BCUT2D eigenvalue weighted by Crippen LogP contribution is 2.58. The Hall–Kier alpha value is -1.55. The van der Waals surface area contributed by atoms with Crippen LogP contribution in [-0.2, 0) is 5.41 Å². The zero-order valence-electron chi connectivity index (χ0n) is 12.7. The van der Waals surface area contributed by atoms with E-state index in [9.17, 15) is 20.1 Å². The summed E-state index contributed by atoms with van der Waals surface area (Å²) >= 11 is 0. The van der Waals surface area contributed by atoms with Gasteiger partial charge < -0.3 is 15.3 Å². The van der Waals surface area contributed by atoms with Gasteiger partial charge in [-0.05, 0) is 41.2 Å². The van der Waals surface area contributed by atoms with Crippen molar-refractivity contribution in [2.24, 2.45) is 11.3 Å². The number of phenolic OH excluding ortho intramolecular Hbond substituents is 2. The van der Waals surface area contributed by atoms with Gasteiger partial charge in [0.1, 0.15) is 0 Å². The van der Waals surface area contributed by atoms with Gasteiger partial charge in [-0.15, -0.1) is 0 Å². The van der Waals surface area contributed by atoms with E-state index in [2.05, 4.69) is 6.92 Å². The first-order chi connectivity index (χ1) is 9.69. The quantitative estimate of drug-likeness (QED) is 0.642. The summed E-state index contributed by atoms with van der Waals surface area (Å²) in [5, 5.41) is 30.1. The van der Waals surface area contributed by atoms with Crippen LogP contribution in [0.3, 0.4) is 0 Å². The van der Waals surface area contributed by atoms with E-state index in [-0.39, 0.29) is 39.6 Å². The summed E-state index contributed by atoms with van der Waals surface area (Å²) in [6, 6.07) is 3.20. The Labute approximate surface area is 124 Å². The molecule has 1 fully saturated rings. The van der Waals surface area contributed by atoms with Gasteiger partial charge in [0.2, 0.25) is 0 Å². The fraction of sp³-hybridized carbons (Fsp3) is 0.588. The number of rotatable bonds is 0. The molecule has 0 amide bonds. The Kier molecular flexibility index (Phi) is 2.90. The summed E-state index contributed by atoms with van der Waals surface area (Å²) in [6.07, 6.45) is 1.32. The normalized spacial score (nSPS) is 34.2. The van der Waals surface area contributed by atoms with E-state index in [1.165, 1.54) is 6.07 Å². The molecule has 1 aromatic carbocycles. The SMILES string of the molecule is CC12CCC(O)C(C)(C)C1CC(=O)c1c2ccc(O)c1O. The molecule has 2 aliphatic carbocycles. The lowest BCUT2D eigenvalue weighted by molar-refractivity contribution is -0.0688. The molecule has 0 aromatic heterocycles. The molecular formula is C17H22O4. The van der Waals surface area contributed by atoms with Gasteiger partial charge >= 0.3 is 0 Å². The number of fused-ring (bicyclic) bond motifs is 3. The van der Waals surface area contributed by atoms with Crippen LogP contribution in [0.4, 0.5) is 0 Å². The molecule has 3 rings (SSSR count). The summed E-state index contributed by atoms with van der Waals surface area (Å²) in [6.45, 7) is 6.13. The topological polar surface area (TPSA) is 77.8 Å². The van der Waals surface area contributed by atoms with Crippen LogP contribution in [-0.4, -0.2) is 27.2 Å². The highest BCUT2D eigenvalue weighted by atomic mass is 16.3. The largest absolute Gasteiger partial charge is 0.504 e. The van der Waals surface area contributed by atoms with E-state index in [4.69, 9.17) is 0 Å². The third kappa shape index (κ3) is 1.75. The molecule has 0 heterocycles. The van der Waals surface area contributed by atoms with E-state index >= 15 is 0 Å². The second kappa shape index (κ2) is 4.23. The molecule has 1 saturated carbocycles. The molecule has 3 N–H and O–H groups in total. The monoisotopic (exact) mass is 290 g/mol. The standard InChI is InChI=1S/C17H22O4/c1-16(2)12-8-11(19)14-9(4-5-10(18)15(14)21)17(12,3)7-6-13(16)20/h4-5,12-13,18,20-21H,6-8H2,1-3H3. The molecule has 2 aliphatic rings. The molecule has 3 unspecified atom stereocenters. The number of ketones is 1. The lowest BCUT2D eigenvalue weighted by atomic mass is 9.49. The summed E-state index contributed by atoms with van der Waals surface area (Å²) in [4.78, 5) is 12.5. The molecule has 1 aromatic rings. The molecule has 3 atom stereocenters. The highest BCUT2D eigenvalue weighted by molar-refractivity contribution is 6.02. The smallest absolute Gasteiger partial charge is 0.168 e. The van der Waals surface area contributed by atoms with Crippen LogP contribution in [0, 0.1) is 11.3 Å². The van der Waals surface area contributed by atoms with Gasteiger partial charge in [-0.3, -0.25) is 4.79 Å². The van der Waals surface area contributed by atoms with E-state index < -0.39 is 6.10 Å². The molecular weight excluding hydrogens is 268 g/mol. The van der Waals surface area contributed by atoms with Gasteiger partial charge in [0.25, 0.3) is 0 Å². The number of carbonyl (C=O) groups excluding carboxylic acids is 1. The van der Waals surface area contributed by atoms with Crippen molar-refractivity contribution in [3.63, 3.8) is 0 Å². The predicted octanol–water partition coefficient (Wildman–Crippen LogP) is 2.74. The maximum Gasteiger partial charge on any atom is 0.168 e. The molecule has 0 spiro atoms. The van der Waals surface area contributed by atoms with E-state index in [1.807, 2.05) is 13.8 Å². The maximum atomic E-state index is 12.5. The molecule has 0 bridgehead atoms. The van der Waals surface area contributed by atoms with E-state index in [0.29, 0.717) is 12.8 Å². The first kappa shape index (κ1) is 14.4. The number of hydrogen-bond donors (Lipinski definition) is 3. The zero-order valence-corrected chi connectivity index (χ0v) is 12.7. The summed E-state index contributed by atoms with van der Waals surface area (Å²) in [5.41, 5.74) is 0.449. The van der Waals surface area contributed by atoms with Gasteiger partial charge in [-0.2, -0.15) is 0 Å². The Morgan fingerprint density at radius 2 is 1.86 bits per heavy atom. The highest BCUT2D eigenvalue weighted by Gasteiger charge is 2.55. The van der Waals surface area contributed by atoms with Gasteiger partial charge in [0, 0.05) is 6.42 Å². The molecule has 0 radical (unpaired) electrons. The summed E-state index contributed by atoms with van der Waals surface area (Å²) < 4.78 is 0. The van der Waals surface area contributed by atoms with Crippen LogP contribution >= 0.6 is 0 Å². The Bertz CT molecular complexity index is 619. The summed E-state index contributed by atoms with van der Waals surface area (Å²) in [5.74, 6) is -0.680. The first-order valence-electron chi connectivity index (χ1n) is 7.46. The number of benzene rings is 1. The van der Waals surface area contributed by atoms with Gasteiger partial charge in [0.05, 0.1) is 11.7 Å². The van der Waals surface area contributed by atoms with Crippen LogP contribution in [0.5, 0.6) is 11.5 Å². The number of aliphatic hydroxyl groups is 1. The van der Waals surface area contributed by atoms with Crippen molar-refractivity contribution < 1.29 is 20.1 Å². The number of phenols is 2. The minimum Gasteiger partial charge on any atom is -0.504 e. The minimum absolute atomic E-state index is 0.0256. The average Bonchev–Trinajstić information content (AvgIpc) is 2.41. The van der Waals surface area contributed by atoms with Crippen molar-refractivity contribution in [3.05, 3.63) is 23.3 Å². The van der Waals surface area contributed by atoms with Crippen LogP contribution in [0.15, 0.2) is 12.1 Å². The lowest BCUT2D eigenvalue weighted by Gasteiger charge is -2.55. The fourth-order valence-corrected chi connectivity index (χ4v) is 4.47. The minimum atomic E-state index is -0.421. The fourth-order valence-electron chi connectivity index (χ4n) is 4.47. The van der Waals surface area contributed by atoms with Crippen molar-refractivity contribution in [1.82, 2.24) is 0 Å². The molecule has 4 nitrogen and oxygen atoms in total. The predicted molar refractivity (Wildman–Crippen MR) is 78.6 cm³/mol. The third-order valence-corrected chi connectivity index (χ3v) is 5.90. The summed E-state index contributed by atoms with van der Waals surface area (Å²) in [7, 11) is 0.